The highest BCUT2D eigenvalue weighted by Crippen LogP contribution is 2.46. The molecule has 5 rings (SSSR count). The van der Waals surface area contributed by atoms with Crippen LogP contribution in [0.1, 0.15) is 22.7 Å². The molecule has 0 bridgehead atoms. The Bertz CT molecular complexity index is 1070. The predicted molar refractivity (Wildman–Crippen MR) is 113 cm³/mol. The van der Waals surface area contributed by atoms with E-state index in [0.29, 0.717) is 0 Å². The topological polar surface area (TPSA) is 49.9 Å². The number of fused-ring (bicyclic) bond motifs is 1. The molecule has 3 aromatic carbocycles. The number of hydrogen-bond donors (Lipinski definition) is 0. The van der Waals surface area contributed by atoms with E-state index in [1.165, 1.54) is 4.90 Å². The molecule has 0 spiro atoms. The first kappa shape index (κ1) is 18.6. The number of benzene rings is 3. The molecule has 2 saturated heterocycles. The maximum Gasteiger partial charge on any atom is 0.262 e. The van der Waals surface area contributed by atoms with Gasteiger partial charge in [0, 0.05) is 0 Å². The smallest absolute Gasteiger partial charge is 0.262 e. The van der Waals surface area contributed by atoms with Crippen molar-refractivity contribution in [2.75, 3.05) is 5.06 Å². The highest BCUT2D eigenvalue weighted by atomic mass is 16.7. The van der Waals surface area contributed by atoms with E-state index in [1.54, 1.807) is 5.06 Å². The summed E-state index contributed by atoms with van der Waals surface area (Å²) in [5.41, 5.74) is 3.85. The van der Waals surface area contributed by atoms with Crippen LogP contribution in [0.4, 0.5) is 5.69 Å². The van der Waals surface area contributed by atoms with Crippen LogP contribution in [0.15, 0.2) is 84.9 Å². The quantitative estimate of drug-likeness (QED) is 0.623. The predicted octanol–water partition coefficient (Wildman–Crippen LogP) is 4.04. The van der Waals surface area contributed by atoms with Gasteiger partial charge in [-0.2, -0.15) is 0 Å². The number of anilines is 1. The van der Waals surface area contributed by atoms with Gasteiger partial charge in [0.25, 0.3) is 5.91 Å². The molecule has 2 amide bonds. The molecule has 2 heterocycles. The number of aryl methyl sites for hydroxylation is 1. The second kappa shape index (κ2) is 7.43. The first-order valence-corrected chi connectivity index (χ1v) is 10.1. The van der Waals surface area contributed by atoms with Gasteiger partial charge in [0.2, 0.25) is 5.91 Å². The maximum absolute atomic E-state index is 13.4. The van der Waals surface area contributed by atoms with Crippen molar-refractivity contribution < 1.29 is 14.4 Å². The number of nitrogens with zero attached hydrogens (tertiary/aromatic N) is 2. The Hall–Kier alpha value is -3.44. The van der Waals surface area contributed by atoms with Crippen LogP contribution in [0.5, 0.6) is 0 Å². The third-order valence-electron chi connectivity index (χ3n) is 5.82. The van der Waals surface area contributed by atoms with E-state index in [0.717, 1.165) is 22.4 Å². The monoisotopic (exact) mass is 398 g/mol. The Morgan fingerprint density at radius 1 is 0.800 bits per heavy atom. The van der Waals surface area contributed by atoms with Gasteiger partial charge in [-0.1, -0.05) is 78.4 Å². The molecule has 2 aliphatic heterocycles. The Morgan fingerprint density at radius 2 is 1.43 bits per heavy atom. The van der Waals surface area contributed by atoms with Crippen molar-refractivity contribution in [1.29, 1.82) is 0 Å². The number of hydrogen-bond acceptors (Lipinski definition) is 4. The number of carbonyl (C=O) groups excluding carboxylic acids is 2. The Morgan fingerprint density at radius 3 is 2.10 bits per heavy atom. The van der Waals surface area contributed by atoms with Crippen LogP contribution in [-0.4, -0.2) is 22.8 Å². The van der Waals surface area contributed by atoms with E-state index < -0.39 is 12.0 Å². The molecule has 3 aromatic rings. The van der Waals surface area contributed by atoms with E-state index in [9.17, 15) is 9.59 Å². The van der Waals surface area contributed by atoms with Crippen molar-refractivity contribution in [3.63, 3.8) is 0 Å². The van der Waals surface area contributed by atoms with E-state index in [2.05, 4.69) is 0 Å². The largest absolute Gasteiger partial charge is 0.275 e. The first-order chi connectivity index (χ1) is 14.6. The molecule has 30 heavy (non-hydrogen) atoms. The molecule has 3 atom stereocenters. The van der Waals surface area contributed by atoms with Gasteiger partial charge in [-0.3, -0.25) is 19.3 Å². The average molecular weight is 398 g/mol. The zero-order valence-electron chi connectivity index (χ0n) is 16.6. The fourth-order valence-electron chi connectivity index (χ4n) is 4.29. The summed E-state index contributed by atoms with van der Waals surface area (Å²) in [7, 11) is 0. The molecule has 0 radical (unpaired) electrons. The van der Waals surface area contributed by atoms with Crippen molar-refractivity contribution >= 4 is 17.5 Å². The fourth-order valence-corrected chi connectivity index (χ4v) is 4.29. The number of carbonyl (C=O) groups is 2. The number of imide groups is 1. The zero-order valence-corrected chi connectivity index (χ0v) is 16.6. The van der Waals surface area contributed by atoms with Gasteiger partial charge >= 0.3 is 0 Å². The number of rotatable bonds is 4. The molecule has 3 unspecified atom stereocenters. The summed E-state index contributed by atoms with van der Waals surface area (Å²) < 4.78 is 0. The second-order valence-electron chi connectivity index (χ2n) is 7.82. The molecule has 0 N–H and O–H groups in total. The van der Waals surface area contributed by atoms with Gasteiger partial charge < -0.3 is 0 Å². The van der Waals surface area contributed by atoms with E-state index in [-0.39, 0.29) is 24.4 Å². The Labute approximate surface area is 175 Å². The second-order valence-corrected chi connectivity index (χ2v) is 7.82. The van der Waals surface area contributed by atoms with Crippen LogP contribution in [-0.2, 0) is 21.0 Å². The van der Waals surface area contributed by atoms with Crippen LogP contribution < -0.4 is 5.06 Å². The molecule has 0 aliphatic carbocycles. The standard InChI is InChI=1S/C25H22N2O3/c1-17-12-14-19(15-13-17)22-21-23(30-27(22)20-10-6-3-7-11-20)25(29)26(24(21)28)16-18-8-4-2-5-9-18/h2-15,21-23H,16H2,1H3. The van der Waals surface area contributed by atoms with Gasteiger partial charge in [0.05, 0.1) is 18.3 Å². The first-order valence-electron chi connectivity index (χ1n) is 10.1. The molecule has 150 valence electrons. The lowest BCUT2D eigenvalue weighted by Gasteiger charge is -2.28. The summed E-state index contributed by atoms with van der Waals surface area (Å²) in [6.07, 6.45) is -0.812. The van der Waals surface area contributed by atoms with Crippen LogP contribution in [0.2, 0.25) is 0 Å². The van der Waals surface area contributed by atoms with Crippen LogP contribution >= 0.6 is 0 Å². The highest BCUT2D eigenvalue weighted by Gasteiger charge is 2.59. The summed E-state index contributed by atoms with van der Waals surface area (Å²) in [5, 5.41) is 1.73. The van der Waals surface area contributed by atoms with Gasteiger partial charge in [-0.05, 0) is 30.2 Å². The molecule has 0 saturated carbocycles. The third-order valence-corrected chi connectivity index (χ3v) is 5.82. The summed E-state index contributed by atoms with van der Waals surface area (Å²) in [6, 6.07) is 26.9. The molecular formula is C25H22N2O3. The highest BCUT2D eigenvalue weighted by molar-refractivity contribution is 6.07. The minimum absolute atomic E-state index is 0.183. The van der Waals surface area contributed by atoms with Gasteiger partial charge in [-0.25, -0.2) is 5.06 Å². The average Bonchev–Trinajstić information content (AvgIpc) is 3.28. The van der Waals surface area contributed by atoms with E-state index >= 15 is 0 Å². The number of hydroxylamine groups is 1. The Kier molecular flexibility index (Phi) is 4.60. The van der Waals surface area contributed by atoms with E-state index in [1.807, 2.05) is 91.9 Å². The number of amides is 2. The van der Waals surface area contributed by atoms with Crippen molar-refractivity contribution in [3.8, 4) is 0 Å². The molecule has 0 aromatic heterocycles. The maximum atomic E-state index is 13.4. The molecule has 5 heteroatoms. The SMILES string of the molecule is Cc1ccc(C2C3C(=O)N(Cc4ccccc4)C(=O)C3ON2c2ccccc2)cc1. The normalized spacial score (nSPS) is 23.2. The molecule has 5 nitrogen and oxygen atoms in total. The lowest BCUT2D eigenvalue weighted by Crippen LogP contribution is -2.36. The van der Waals surface area contributed by atoms with Crippen molar-refractivity contribution in [2.24, 2.45) is 5.92 Å². The fraction of sp³-hybridized carbons (Fsp3) is 0.200. The van der Waals surface area contributed by atoms with Gasteiger partial charge in [0.1, 0.15) is 5.92 Å². The lowest BCUT2D eigenvalue weighted by atomic mass is 9.90. The lowest BCUT2D eigenvalue weighted by molar-refractivity contribution is -0.143. The zero-order chi connectivity index (χ0) is 20.7. The number of likely N-dealkylation sites (tertiary alicyclic amines) is 1. The minimum atomic E-state index is -0.812. The van der Waals surface area contributed by atoms with E-state index in [4.69, 9.17) is 4.84 Å². The van der Waals surface area contributed by atoms with Crippen molar-refractivity contribution in [2.45, 2.75) is 25.6 Å². The Balaban J connectivity index is 1.52. The van der Waals surface area contributed by atoms with Gasteiger partial charge in [0.15, 0.2) is 6.10 Å². The summed E-state index contributed by atoms with van der Waals surface area (Å²) in [5.74, 6) is -1.04. The molecular weight excluding hydrogens is 376 g/mol. The molecule has 2 aliphatic rings. The van der Waals surface area contributed by atoms with Crippen molar-refractivity contribution in [1.82, 2.24) is 4.90 Å². The summed E-state index contributed by atoms with van der Waals surface area (Å²) in [6.45, 7) is 2.29. The van der Waals surface area contributed by atoms with Crippen LogP contribution in [0.25, 0.3) is 0 Å². The molecule has 2 fully saturated rings. The third kappa shape index (κ3) is 3.08. The summed E-state index contributed by atoms with van der Waals surface area (Å²) >= 11 is 0. The van der Waals surface area contributed by atoms with Crippen LogP contribution in [0, 0.1) is 12.8 Å². The number of para-hydroxylation sites is 1. The summed E-state index contributed by atoms with van der Waals surface area (Å²) in [4.78, 5) is 34.1. The van der Waals surface area contributed by atoms with Gasteiger partial charge in [-0.15, -0.1) is 0 Å². The van der Waals surface area contributed by atoms with Crippen molar-refractivity contribution in [3.05, 3.63) is 102 Å². The van der Waals surface area contributed by atoms with Crippen LogP contribution in [0.3, 0.4) is 0 Å². The minimum Gasteiger partial charge on any atom is -0.275 e.